The Bertz CT molecular complexity index is 1410. The molecule has 0 radical (unpaired) electrons. The molecule has 2 amide bonds. The Kier molecular flexibility index (Phi) is 6.45. The highest BCUT2D eigenvalue weighted by Gasteiger charge is 2.35. The van der Waals surface area contributed by atoms with E-state index < -0.39 is 17.4 Å². The lowest BCUT2D eigenvalue weighted by Crippen LogP contribution is -2.40. The van der Waals surface area contributed by atoms with E-state index in [2.05, 4.69) is 44.9 Å². The Morgan fingerprint density at radius 3 is 2.58 bits per heavy atom. The topological polar surface area (TPSA) is 126 Å². The Balaban J connectivity index is 1.17. The fraction of sp³-hybridized carbons (Fsp3) is 0.357. The molecule has 10 nitrogen and oxygen atoms in total. The molecule has 0 spiro atoms. The second-order valence-electron chi connectivity index (χ2n) is 9.92. The summed E-state index contributed by atoms with van der Waals surface area (Å²) in [7, 11) is 0. The molecule has 3 N–H and O–H groups in total. The van der Waals surface area contributed by atoms with Gasteiger partial charge >= 0.3 is 0 Å². The van der Waals surface area contributed by atoms with Crippen LogP contribution in [0.15, 0.2) is 53.3 Å². The van der Waals surface area contributed by atoms with Crippen molar-refractivity contribution in [3.8, 4) is 11.5 Å². The van der Waals surface area contributed by atoms with Crippen LogP contribution in [-0.4, -0.2) is 48.1 Å². The average molecular weight is 516 g/mol. The molecule has 10 heteroatoms. The maximum absolute atomic E-state index is 13.2. The summed E-state index contributed by atoms with van der Waals surface area (Å²) < 4.78 is 11.1. The summed E-state index contributed by atoms with van der Waals surface area (Å²) in [5, 5.41) is 5.51. The molecule has 3 aromatic rings. The van der Waals surface area contributed by atoms with Gasteiger partial charge in [0, 0.05) is 31.3 Å². The zero-order valence-corrected chi connectivity index (χ0v) is 20.9. The number of nitrogens with one attached hydrogen (secondary N) is 3. The average Bonchev–Trinajstić information content (AvgIpc) is 2.93. The van der Waals surface area contributed by atoms with Crippen LogP contribution < -0.4 is 30.6 Å². The number of benzene rings is 2. The predicted octanol–water partition coefficient (Wildman–Crippen LogP) is 3.06. The van der Waals surface area contributed by atoms with Crippen molar-refractivity contribution in [2.24, 2.45) is 5.92 Å². The van der Waals surface area contributed by atoms with Crippen molar-refractivity contribution in [1.29, 1.82) is 0 Å². The molecule has 38 heavy (non-hydrogen) atoms. The van der Waals surface area contributed by atoms with Gasteiger partial charge in [-0.25, -0.2) is 0 Å². The Hall–Kier alpha value is -4.34. The Morgan fingerprint density at radius 2 is 1.79 bits per heavy atom. The molecule has 1 saturated heterocycles. The summed E-state index contributed by atoms with van der Waals surface area (Å²) >= 11 is 0. The molecule has 6 rings (SSSR count). The molecule has 3 aliphatic heterocycles. The lowest BCUT2D eigenvalue weighted by molar-refractivity contribution is -0.123. The van der Waals surface area contributed by atoms with Crippen LogP contribution in [-0.2, 0) is 16.0 Å². The molecule has 0 unspecified atom stereocenters. The molecule has 196 valence electrons. The van der Waals surface area contributed by atoms with Crippen LogP contribution in [0.5, 0.6) is 11.5 Å². The highest BCUT2D eigenvalue weighted by atomic mass is 16.6. The minimum Gasteiger partial charge on any atom is -0.486 e. The fourth-order valence-electron chi connectivity index (χ4n) is 5.38. The van der Waals surface area contributed by atoms with E-state index in [0.29, 0.717) is 42.3 Å². The second kappa shape index (κ2) is 10.2. The van der Waals surface area contributed by atoms with Crippen LogP contribution in [0.25, 0.3) is 0 Å². The van der Waals surface area contributed by atoms with Gasteiger partial charge in [-0.05, 0) is 42.9 Å². The Labute approximate surface area is 219 Å². The highest BCUT2D eigenvalue weighted by molar-refractivity contribution is 6.04. The van der Waals surface area contributed by atoms with Crippen LogP contribution in [0.3, 0.4) is 0 Å². The molecule has 0 saturated carbocycles. The summed E-state index contributed by atoms with van der Waals surface area (Å²) in [6.07, 6.45) is 2.84. The van der Waals surface area contributed by atoms with E-state index in [1.807, 2.05) is 11.0 Å². The SMILES string of the molecule is O=C1C[C@H](C(=O)Nc2ccc3c(c2)OCCO3)c2c(nc(N3CCC(Cc4ccccc4)CC3)[nH]c2=O)N1. The van der Waals surface area contributed by atoms with Crippen molar-refractivity contribution in [3.05, 3.63) is 70.0 Å². The quantitative estimate of drug-likeness (QED) is 0.477. The van der Waals surface area contributed by atoms with Crippen molar-refractivity contribution in [3.63, 3.8) is 0 Å². The van der Waals surface area contributed by atoms with Crippen LogP contribution in [0.4, 0.5) is 17.5 Å². The van der Waals surface area contributed by atoms with E-state index in [1.165, 1.54) is 5.56 Å². The van der Waals surface area contributed by atoms with Crippen molar-refractivity contribution >= 4 is 29.3 Å². The number of carbonyl (C=O) groups excluding carboxylic acids is 2. The van der Waals surface area contributed by atoms with Gasteiger partial charge in [-0.15, -0.1) is 0 Å². The first kappa shape index (κ1) is 24.0. The third-order valence-corrected chi connectivity index (χ3v) is 7.35. The van der Waals surface area contributed by atoms with Gasteiger partial charge in [0.25, 0.3) is 5.56 Å². The summed E-state index contributed by atoms with van der Waals surface area (Å²) in [4.78, 5) is 48.4. The highest BCUT2D eigenvalue weighted by Crippen LogP contribution is 2.35. The van der Waals surface area contributed by atoms with Gasteiger partial charge < -0.3 is 25.0 Å². The van der Waals surface area contributed by atoms with Gasteiger partial charge in [-0.1, -0.05) is 30.3 Å². The number of anilines is 3. The normalized spacial score (nSPS) is 18.9. The summed E-state index contributed by atoms with van der Waals surface area (Å²) in [6.45, 7) is 2.40. The van der Waals surface area contributed by atoms with Gasteiger partial charge in [-0.2, -0.15) is 4.98 Å². The largest absolute Gasteiger partial charge is 0.486 e. The maximum Gasteiger partial charge on any atom is 0.258 e. The molecule has 1 atom stereocenters. The first-order valence-corrected chi connectivity index (χ1v) is 13.0. The lowest BCUT2D eigenvalue weighted by Gasteiger charge is -2.33. The molecule has 1 aromatic heterocycles. The first-order chi connectivity index (χ1) is 18.5. The molecule has 2 aromatic carbocycles. The van der Waals surface area contributed by atoms with Gasteiger partial charge in [0.2, 0.25) is 17.8 Å². The molecular formula is C28H29N5O5. The van der Waals surface area contributed by atoms with Crippen LogP contribution in [0.1, 0.15) is 36.3 Å². The monoisotopic (exact) mass is 515 g/mol. The molecule has 0 bridgehead atoms. The fourth-order valence-corrected chi connectivity index (χ4v) is 5.38. The number of rotatable bonds is 5. The molecular weight excluding hydrogens is 486 g/mol. The van der Waals surface area contributed by atoms with E-state index >= 15 is 0 Å². The first-order valence-electron chi connectivity index (χ1n) is 13.0. The van der Waals surface area contributed by atoms with Crippen LogP contribution >= 0.6 is 0 Å². The van der Waals surface area contributed by atoms with E-state index in [4.69, 9.17) is 9.47 Å². The maximum atomic E-state index is 13.2. The number of aromatic nitrogens is 2. The number of nitrogens with zero attached hydrogens (tertiary/aromatic N) is 2. The zero-order valence-electron chi connectivity index (χ0n) is 20.9. The molecule has 3 aliphatic rings. The summed E-state index contributed by atoms with van der Waals surface area (Å²) in [6, 6.07) is 15.5. The Morgan fingerprint density at radius 1 is 1.03 bits per heavy atom. The minimum absolute atomic E-state index is 0.141. The van der Waals surface area contributed by atoms with Crippen molar-refractivity contribution in [2.75, 3.05) is 41.8 Å². The van der Waals surface area contributed by atoms with Crippen molar-refractivity contribution < 1.29 is 19.1 Å². The molecule has 1 fully saturated rings. The van der Waals surface area contributed by atoms with Gasteiger partial charge in [0.15, 0.2) is 11.5 Å². The third kappa shape index (κ3) is 4.93. The predicted molar refractivity (Wildman–Crippen MR) is 142 cm³/mol. The van der Waals surface area contributed by atoms with E-state index in [9.17, 15) is 14.4 Å². The lowest BCUT2D eigenvalue weighted by atomic mass is 9.90. The smallest absolute Gasteiger partial charge is 0.258 e. The summed E-state index contributed by atoms with van der Waals surface area (Å²) in [5.41, 5.74) is 1.57. The van der Waals surface area contributed by atoms with Crippen LogP contribution in [0.2, 0.25) is 0 Å². The second-order valence-corrected chi connectivity index (χ2v) is 9.92. The van der Waals surface area contributed by atoms with E-state index in [0.717, 1.165) is 32.4 Å². The number of aromatic amines is 1. The number of hydrogen-bond acceptors (Lipinski definition) is 7. The van der Waals surface area contributed by atoms with Crippen molar-refractivity contribution in [1.82, 2.24) is 9.97 Å². The number of hydrogen-bond donors (Lipinski definition) is 3. The van der Waals surface area contributed by atoms with Gasteiger partial charge in [0.1, 0.15) is 19.0 Å². The number of piperidine rings is 1. The zero-order chi connectivity index (χ0) is 26.1. The van der Waals surface area contributed by atoms with Gasteiger partial charge in [0.05, 0.1) is 11.5 Å². The molecule has 0 aliphatic carbocycles. The third-order valence-electron chi connectivity index (χ3n) is 7.35. The van der Waals surface area contributed by atoms with Gasteiger partial charge in [-0.3, -0.25) is 19.4 Å². The number of ether oxygens (including phenoxy) is 2. The standard InChI is InChI=1S/C28H29N5O5/c34-23-16-20(26(35)29-19-6-7-21-22(15-19)38-13-12-37-21)24-25(30-23)31-28(32-27(24)36)33-10-8-18(9-11-33)14-17-4-2-1-3-5-17/h1-7,15,18,20H,8-14,16H2,(H,29,35)(H2,30,31,32,34,36)/t20-/m0/s1. The molecule has 4 heterocycles. The minimum atomic E-state index is -0.964. The summed E-state index contributed by atoms with van der Waals surface area (Å²) in [5.74, 6) is 0.487. The number of carbonyl (C=O) groups is 2. The van der Waals surface area contributed by atoms with E-state index in [-0.39, 0.29) is 23.7 Å². The van der Waals surface area contributed by atoms with Crippen molar-refractivity contribution in [2.45, 2.75) is 31.6 Å². The number of fused-ring (bicyclic) bond motifs is 2. The van der Waals surface area contributed by atoms with E-state index in [1.54, 1.807) is 18.2 Å². The number of amides is 2. The van der Waals surface area contributed by atoms with Crippen LogP contribution in [0, 0.1) is 5.92 Å². The number of H-pyrrole nitrogens is 1.